The van der Waals surface area contributed by atoms with Gasteiger partial charge in [0, 0.05) is 52.5 Å². The average molecular weight is 2110 g/mol. The highest BCUT2D eigenvalue weighted by Crippen LogP contribution is 2.48. The van der Waals surface area contributed by atoms with Gasteiger partial charge in [0.15, 0.2) is 75.0 Å². The number of ether oxygens (including phenoxy) is 8. The van der Waals surface area contributed by atoms with Gasteiger partial charge in [-0.05, 0) is 231 Å². The van der Waals surface area contributed by atoms with Crippen molar-refractivity contribution in [2.24, 2.45) is 0 Å². The maximum absolute atomic E-state index is 14.5. The molecule has 14 rings (SSSR count). The van der Waals surface area contributed by atoms with Crippen LogP contribution < -0.4 is 38.1 Å². The van der Waals surface area contributed by atoms with Gasteiger partial charge < -0.3 is 75.9 Å². The zero-order valence-corrected chi connectivity index (χ0v) is 88.6. The zero-order chi connectivity index (χ0) is 108. The van der Waals surface area contributed by atoms with Crippen LogP contribution in [-0.4, -0.2) is 224 Å². The third kappa shape index (κ3) is 28.8. The van der Waals surface area contributed by atoms with Crippen molar-refractivity contribution in [3.8, 4) is 0 Å². The Morgan fingerprint density at radius 2 is 0.674 bits per heavy atom. The highest BCUT2D eigenvalue weighted by Gasteiger charge is 2.53. The minimum atomic E-state index is -0.962. The van der Waals surface area contributed by atoms with E-state index in [1.165, 1.54) is 9.80 Å². The van der Waals surface area contributed by atoms with Crippen LogP contribution in [0.5, 0.6) is 0 Å². The Bertz CT molecular complexity index is 6110. The number of rotatable bonds is 13. The molecule has 144 heavy (non-hydrogen) atoms. The molecule has 0 saturated heterocycles. The highest BCUT2D eigenvalue weighted by atomic mass is 35.5. The lowest BCUT2D eigenvalue weighted by Gasteiger charge is -2.34. The van der Waals surface area contributed by atoms with Crippen molar-refractivity contribution in [1.82, 2.24) is 115 Å². The number of nitrogens with two attached hydrogens (primary N) is 2. The first-order chi connectivity index (χ1) is 66.0. The van der Waals surface area contributed by atoms with E-state index in [-0.39, 0.29) is 104 Å². The number of carbonyl (C=O) groups excluding carboxylic acids is 8. The van der Waals surface area contributed by atoms with E-state index in [2.05, 4.69) is 112 Å². The summed E-state index contributed by atoms with van der Waals surface area (Å²) in [6, 6.07) is 0. The van der Waals surface area contributed by atoms with Gasteiger partial charge >= 0.3 is 48.1 Å². The van der Waals surface area contributed by atoms with E-state index in [0.29, 0.717) is 72.2 Å². The number of nitrogen functional groups attached to an aromatic ring is 2. The van der Waals surface area contributed by atoms with Crippen molar-refractivity contribution < 1.29 is 93.8 Å². The molecular formula is C90H130Cl4F4N30O16. The van der Waals surface area contributed by atoms with E-state index in [4.69, 9.17) is 91.0 Å². The van der Waals surface area contributed by atoms with Crippen molar-refractivity contribution in [1.29, 1.82) is 0 Å². The molecule has 0 atom stereocenters. The van der Waals surface area contributed by atoms with Gasteiger partial charge in [0.05, 0.1) is 133 Å². The van der Waals surface area contributed by atoms with Crippen molar-refractivity contribution in [2.75, 3.05) is 71.0 Å². The SMILES string of the molecule is C.CC(C)(C)OC(=O)N1Cc2c(N)n[nH]c2C1(C)C.CC(C)(C)OC(=O)N1Cc2c(Nc3nc(Cl)ncc3F)n[nH]c2C1(C)C.CCNc1ncc(F)c(Nc2n[nH]c3c2CN(C(=O)OC(C)(C)C)C3(C)C)n1.CCNc1ncc(F)c(Nc2nn(C(=O)OCC)c3c2CN(C(=O)OC(C)(C)C)C3(C)C)n1.CCOC(=O)Cl.CCOC(=O)n1nc(N)c2c1C(C)(C)N(C(=O)OC(C)(C)C)C2.Fc1cnc(Cl)nc1Cl. The molecule has 5 amide bonds. The molecule has 0 spiro atoms. The van der Waals surface area contributed by atoms with E-state index in [1.807, 2.05) is 132 Å². The number of nitrogens with zero attached hydrogens (tertiary/aromatic N) is 20. The van der Waals surface area contributed by atoms with Gasteiger partial charge in [0.2, 0.25) is 22.5 Å². The summed E-state index contributed by atoms with van der Waals surface area (Å²) >= 11 is 20.9. The molecular weight excluding hydrogens is 1970 g/mol. The van der Waals surface area contributed by atoms with Crippen LogP contribution in [0.15, 0.2) is 24.8 Å². The number of halogens is 8. The summed E-state index contributed by atoms with van der Waals surface area (Å²) in [7, 11) is 0. The molecule has 792 valence electrons. The molecule has 0 fully saturated rings. The average Bonchev–Trinajstić information content (AvgIpc) is 1.49. The summed E-state index contributed by atoms with van der Waals surface area (Å²) in [5.41, 5.74) is 11.3. The lowest BCUT2D eigenvalue weighted by molar-refractivity contribution is 0.00285. The van der Waals surface area contributed by atoms with Gasteiger partial charge in [0.1, 0.15) is 28.0 Å². The van der Waals surface area contributed by atoms with Crippen molar-refractivity contribution in [3.63, 3.8) is 0 Å². The monoisotopic (exact) mass is 2100 g/mol. The van der Waals surface area contributed by atoms with Gasteiger partial charge in [-0.25, -0.2) is 80.8 Å². The number of H-pyrrole nitrogens is 3. The third-order valence-corrected chi connectivity index (χ3v) is 21.8. The van der Waals surface area contributed by atoms with E-state index in [0.717, 1.165) is 67.9 Å². The molecule has 0 radical (unpaired) electrons. The van der Waals surface area contributed by atoms with Crippen LogP contribution in [-0.2, 0) is 98.3 Å². The Morgan fingerprint density at radius 3 is 1.01 bits per heavy atom. The zero-order valence-electron chi connectivity index (χ0n) is 85.5. The molecule has 0 saturated carbocycles. The maximum atomic E-state index is 14.5. The topological polar surface area (TPSA) is 564 Å². The second-order valence-corrected chi connectivity index (χ2v) is 40.9. The lowest BCUT2D eigenvalue weighted by Crippen LogP contribution is -2.44. The number of aromatic nitrogens is 18. The molecule has 0 aromatic carbocycles. The number of carbonyl (C=O) groups is 8. The summed E-state index contributed by atoms with van der Waals surface area (Å²) in [6.07, 6.45) is 0.489. The summed E-state index contributed by atoms with van der Waals surface area (Å²) in [6.45, 7) is 57.8. The highest BCUT2D eigenvalue weighted by molar-refractivity contribution is 6.61. The molecule has 54 heteroatoms. The first-order valence-corrected chi connectivity index (χ1v) is 46.5. The van der Waals surface area contributed by atoms with Crippen LogP contribution in [0.1, 0.15) is 271 Å². The standard InChI is InChI=1S/C21H30FN7O4.C18H26FN7O2.C16H20ClFN6O2.C15H24N4O4.C12H20N4O2.C4HCl2FN2.C3H5ClO2.CH4/c1-8-23-17-24-10-13(22)16(26-17)25-15-12-11-28(18(30)33-20(3,4)5)21(6,7)14(12)29(27-15)19(31)32-9-2;1-7-20-15-21-8-11(19)14(23-15)22-13-10-9-26(16(27)28-17(2,3)4)18(5,6)12(10)24-25-13;1-15(2,3)26-14(25)24-7-8-10(16(24,4)5)22-23-11(8)20-12-9(18)6-19-13(17)21-12;1-7-22-13(21)19-10-9(11(16)17-19)8-18(15(10,5)6)12(20)23-14(2,3)4;1-11(2,3)18-10(17)16-6-7-8(12(16,4)5)14-15-9(7)13;5-3-2(7)1-8-4(6)9-3;1-2-6-3(4)5;/h10H,8-9,11H2,1-7H3,(H2,23,24,25,26,27);8H,7,9H2,1-6H3,(H3,20,21,22,23,24,25);6H,7H2,1-5H3,(H2,19,20,21,22,23);7-8H2,1-6H3,(H2,16,17);6H2,1-5H3,(H3,13,14,15);1H;2H2,1H3;1H4. The Labute approximate surface area is 851 Å². The quantitative estimate of drug-likeness (QED) is 0.0168. The van der Waals surface area contributed by atoms with Crippen LogP contribution in [0.25, 0.3) is 0 Å². The van der Waals surface area contributed by atoms with E-state index in [9.17, 15) is 55.9 Å². The smallest absolute Gasteiger partial charge is 0.435 e. The third-order valence-electron chi connectivity index (χ3n) is 21.0. The normalized spacial score (nSPS) is 14.9. The second kappa shape index (κ2) is 46.1. The number of aromatic amines is 3. The van der Waals surface area contributed by atoms with E-state index >= 15 is 0 Å². The number of fused-ring (bicyclic) bond motifs is 5. The van der Waals surface area contributed by atoms with Crippen LogP contribution in [0.3, 0.4) is 0 Å². The van der Waals surface area contributed by atoms with E-state index < -0.39 is 121 Å². The van der Waals surface area contributed by atoms with Gasteiger partial charge in [0.25, 0.3) is 0 Å². The van der Waals surface area contributed by atoms with Crippen LogP contribution >= 0.6 is 46.4 Å². The van der Waals surface area contributed by atoms with Crippen LogP contribution in [0, 0.1) is 23.3 Å². The molecule has 0 aliphatic carbocycles. The Kier molecular flexibility index (Phi) is 37.7. The van der Waals surface area contributed by atoms with Crippen LogP contribution in [0.4, 0.5) is 114 Å². The minimum Gasteiger partial charge on any atom is -0.454 e. The summed E-state index contributed by atoms with van der Waals surface area (Å²) < 4.78 is 98.7. The summed E-state index contributed by atoms with van der Waals surface area (Å²) in [5.74, 6) is -0.652. The van der Waals surface area contributed by atoms with Crippen molar-refractivity contribution in [3.05, 3.63) is 120 Å². The predicted octanol–water partition coefficient (Wildman–Crippen LogP) is 19.6. The van der Waals surface area contributed by atoms with Gasteiger partial charge in [-0.3, -0.25) is 39.8 Å². The molecule has 12 N–H and O–H groups in total. The molecule has 5 aliphatic heterocycles. The molecule has 5 aliphatic rings. The number of hydrogen-bond donors (Lipinski definition) is 10. The predicted molar refractivity (Wildman–Crippen MR) is 529 cm³/mol. The maximum Gasteiger partial charge on any atom is 0.435 e. The van der Waals surface area contributed by atoms with E-state index in [1.54, 1.807) is 90.9 Å². The van der Waals surface area contributed by atoms with Gasteiger partial charge in [-0.15, -0.1) is 10.2 Å². The fourth-order valence-electron chi connectivity index (χ4n) is 14.6. The van der Waals surface area contributed by atoms with Crippen molar-refractivity contribution >= 4 is 153 Å². The Hall–Kier alpha value is -13.4. The van der Waals surface area contributed by atoms with Crippen molar-refractivity contribution in [2.45, 2.75) is 304 Å². The fourth-order valence-corrected chi connectivity index (χ4v) is 15.2. The molecule has 46 nitrogen and oxygen atoms in total. The van der Waals surface area contributed by atoms with Gasteiger partial charge in [-0.1, -0.05) is 19.0 Å². The Morgan fingerprint density at radius 1 is 0.375 bits per heavy atom. The number of anilines is 10. The van der Waals surface area contributed by atoms with Gasteiger partial charge in [-0.2, -0.15) is 39.6 Å². The molecule has 9 aromatic rings. The fraction of sp³-hybridized carbons (Fsp3) is 0.567. The number of hydrogen-bond acceptors (Lipinski definition) is 36. The van der Waals surface area contributed by atoms with Crippen LogP contribution in [0.2, 0.25) is 15.7 Å². The molecule has 0 unspecified atom stereocenters. The largest absolute Gasteiger partial charge is 0.454 e. The first kappa shape index (κ1) is 118. The first-order valence-electron chi connectivity index (χ1n) is 45.0. The molecule has 0 bridgehead atoms. The molecule has 9 aromatic heterocycles. The number of amides is 5. The lowest BCUT2D eigenvalue weighted by atomic mass is 10.0. The Balaban J connectivity index is 0.000000237. The second-order valence-electron chi connectivity index (χ2n) is 39.6. The minimum absolute atomic E-state index is 0. The summed E-state index contributed by atoms with van der Waals surface area (Å²) in [4.78, 5) is 135. The molecule has 14 heterocycles. The number of nitrogens with one attached hydrogen (secondary N) is 8. The summed E-state index contributed by atoms with van der Waals surface area (Å²) in [5, 5.41) is 43.6.